The maximum Gasteiger partial charge on any atom is 0.155 e. The van der Waals surface area contributed by atoms with Gasteiger partial charge in [0.05, 0.1) is 17.5 Å². The predicted octanol–water partition coefficient (Wildman–Crippen LogP) is 11.5. The fourth-order valence-electron chi connectivity index (χ4n) is 9.00. The SMILES string of the molecule is N=C/C(C1=CCCC=C1)=C1\NC(C2C=CC=CC2)=C(C2C=CC(C3C=CC(C4CC(c5ccccc5)=NC(c5ccccc5)=N4)=CC3)=CC2)C2=C1CCC=C2. The van der Waals surface area contributed by atoms with Crippen LogP contribution >= 0.6 is 0 Å². The number of amidine groups is 1. The molecule has 0 saturated heterocycles. The van der Waals surface area contributed by atoms with E-state index in [4.69, 9.17) is 15.4 Å². The molecule has 55 heavy (non-hydrogen) atoms. The maximum atomic E-state index is 8.55. The number of nitrogens with one attached hydrogen (secondary N) is 2. The van der Waals surface area contributed by atoms with E-state index in [9.17, 15) is 0 Å². The molecule has 0 fully saturated rings. The molecule has 4 atom stereocenters. The Labute approximate surface area is 325 Å². The van der Waals surface area contributed by atoms with Gasteiger partial charge < -0.3 is 10.7 Å². The number of benzene rings is 2. The zero-order valence-electron chi connectivity index (χ0n) is 31.4. The first-order chi connectivity index (χ1) is 27.2. The number of nitrogens with zero attached hydrogens (tertiary/aromatic N) is 2. The summed E-state index contributed by atoms with van der Waals surface area (Å²) in [6.45, 7) is 0. The van der Waals surface area contributed by atoms with Crippen molar-refractivity contribution in [2.24, 2.45) is 27.7 Å². The Morgan fingerprint density at radius 2 is 1.45 bits per heavy atom. The minimum atomic E-state index is 0.0387. The molecule has 7 aliphatic rings. The van der Waals surface area contributed by atoms with Gasteiger partial charge in [-0.05, 0) is 83.9 Å². The molecule has 2 aromatic rings. The lowest BCUT2D eigenvalue weighted by molar-refractivity contribution is 0.632. The minimum absolute atomic E-state index is 0.0387. The van der Waals surface area contributed by atoms with Gasteiger partial charge in [-0.3, -0.25) is 4.99 Å². The molecular formula is C51H48N4. The van der Waals surface area contributed by atoms with Crippen molar-refractivity contribution < 1.29 is 0 Å². The molecule has 2 heterocycles. The van der Waals surface area contributed by atoms with E-state index in [0.29, 0.717) is 5.92 Å². The van der Waals surface area contributed by atoms with Gasteiger partial charge >= 0.3 is 0 Å². The summed E-state index contributed by atoms with van der Waals surface area (Å²) in [5.74, 6) is 1.70. The monoisotopic (exact) mass is 716 g/mol. The van der Waals surface area contributed by atoms with E-state index in [0.717, 1.165) is 90.9 Å². The van der Waals surface area contributed by atoms with Crippen molar-refractivity contribution in [1.82, 2.24) is 5.32 Å². The normalized spacial score (nSPS) is 26.7. The summed E-state index contributed by atoms with van der Waals surface area (Å²) in [5.41, 5.74) is 14.7. The lowest BCUT2D eigenvalue weighted by atomic mass is 9.73. The quantitative estimate of drug-likeness (QED) is 0.263. The van der Waals surface area contributed by atoms with Crippen molar-refractivity contribution in [2.75, 3.05) is 0 Å². The highest BCUT2D eigenvalue weighted by molar-refractivity contribution is 6.14. The summed E-state index contributed by atoms with van der Waals surface area (Å²) < 4.78 is 0. The van der Waals surface area contributed by atoms with Crippen molar-refractivity contribution in [2.45, 2.75) is 57.4 Å². The molecule has 5 aliphatic carbocycles. The van der Waals surface area contributed by atoms with Crippen molar-refractivity contribution in [3.8, 4) is 0 Å². The van der Waals surface area contributed by atoms with Crippen LogP contribution in [-0.4, -0.2) is 23.8 Å². The minimum Gasteiger partial charge on any atom is -0.357 e. The van der Waals surface area contributed by atoms with Gasteiger partial charge in [0.1, 0.15) is 0 Å². The van der Waals surface area contributed by atoms with E-state index in [-0.39, 0.29) is 17.9 Å². The van der Waals surface area contributed by atoms with Crippen molar-refractivity contribution in [3.05, 3.63) is 213 Å². The lowest BCUT2D eigenvalue weighted by Crippen LogP contribution is -2.32. The maximum absolute atomic E-state index is 8.55. The van der Waals surface area contributed by atoms with Gasteiger partial charge in [0.25, 0.3) is 0 Å². The van der Waals surface area contributed by atoms with E-state index >= 15 is 0 Å². The van der Waals surface area contributed by atoms with Crippen LogP contribution < -0.4 is 5.32 Å². The summed E-state index contributed by atoms with van der Waals surface area (Å²) in [6, 6.07) is 21.0. The van der Waals surface area contributed by atoms with Crippen molar-refractivity contribution in [3.63, 3.8) is 0 Å². The highest BCUT2D eigenvalue weighted by atomic mass is 15.0. The first kappa shape index (κ1) is 34.9. The van der Waals surface area contributed by atoms with E-state index in [2.05, 4.69) is 151 Å². The molecule has 4 nitrogen and oxygen atoms in total. The second-order valence-corrected chi connectivity index (χ2v) is 15.3. The molecule has 0 spiro atoms. The summed E-state index contributed by atoms with van der Waals surface area (Å²) in [5, 5.41) is 12.6. The Morgan fingerprint density at radius 3 is 2.16 bits per heavy atom. The van der Waals surface area contributed by atoms with E-state index in [1.165, 1.54) is 33.6 Å². The molecule has 4 heteroatoms. The van der Waals surface area contributed by atoms with E-state index < -0.39 is 0 Å². The van der Waals surface area contributed by atoms with Crippen LogP contribution in [0.3, 0.4) is 0 Å². The predicted molar refractivity (Wildman–Crippen MR) is 229 cm³/mol. The summed E-state index contributed by atoms with van der Waals surface area (Å²) in [7, 11) is 0. The van der Waals surface area contributed by atoms with Crippen molar-refractivity contribution >= 4 is 17.8 Å². The standard InChI is InChI=1S/C51H48N4/c52-34-45(37-15-5-1-6-16-37)50-44-24-14-13-23-43(44)48(49(55-50)41-19-9-3-10-20-41)40-31-27-36(28-32-40)35-25-29-39(30-26-35)47-33-46(38-17-7-2-8-18-38)53-51(54-47)42-21-11-4-12-22-42/h2-5,7-13,15-19,21-23,25,27-31,34-35,40-41,47,52,55H,1,6,14,20,24,26,32-33H2/b50-45+,52-34?. The van der Waals surface area contributed by atoms with Gasteiger partial charge in [-0.15, -0.1) is 0 Å². The average Bonchev–Trinajstić information content (AvgIpc) is 3.28. The first-order valence-electron chi connectivity index (χ1n) is 20.1. The molecular weight excluding hydrogens is 669 g/mol. The van der Waals surface area contributed by atoms with Gasteiger partial charge in [-0.25, -0.2) is 4.99 Å². The number of aliphatic imine (C=N–C) groups is 2. The van der Waals surface area contributed by atoms with Crippen LogP contribution in [0, 0.1) is 23.2 Å². The Morgan fingerprint density at radius 1 is 0.691 bits per heavy atom. The van der Waals surface area contributed by atoms with Gasteiger partial charge in [-0.2, -0.15) is 0 Å². The van der Waals surface area contributed by atoms with Crippen LogP contribution in [0.4, 0.5) is 0 Å². The largest absolute Gasteiger partial charge is 0.357 e. The topological polar surface area (TPSA) is 60.6 Å². The zero-order valence-corrected chi connectivity index (χ0v) is 31.4. The summed E-state index contributed by atoms with van der Waals surface area (Å²) in [6.07, 6.45) is 44.3. The van der Waals surface area contributed by atoms with Crippen LogP contribution in [0.1, 0.15) is 62.5 Å². The third-order valence-electron chi connectivity index (χ3n) is 11.9. The smallest absolute Gasteiger partial charge is 0.155 e. The molecule has 2 aromatic carbocycles. The van der Waals surface area contributed by atoms with Gasteiger partial charge in [0.15, 0.2) is 5.84 Å². The molecule has 2 aliphatic heterocycles. The third kappa shape index (κ3) is 7.22. The van der Waals surface area contributed by atoms with E-state index in [1.54, 1.807) is 6.21 Å². The van der Waals surface area contributed by atoms with Crippen LogP contribution in [0.15, 0.2) is 212 Å². The number of allylic oxidation sites excluding steroid dienone is 20. The van der Waals surface area contributed by atoms with Crippen LogP contribution in [0.5, 0.6) is 0 Å². The molecule has 4 unspecified atom stereocenters. The second kappa shape index (κ2) is 15.8. The molecule has 2 N–H and O–H groups in total. The highest BCUT2D eigenvalue weighted by Gasteiger charge is 2.34. The second-order valence-electron chi connectivity index (χ2n) is 15.3. The van der Waals surface area contributed by atoms with Gasteiger partial charge in [0, 0.05) is 47.2 Å². The van der Waals surface area contributed by atoms with Crippen molar-refractivity contribution in [1.29, 1.82) is 5.41 Å². The first-order valence-corrected chi connectivity index (χ1v) is 20.1. The zero-order chi connectivity index (χ0) is 37.0. The Kier molecular flexibility index (Phi) is 10.0. The van der Waals surface area contributed by atoms with E-state index in [1.807, 2.05) is 6.07 Å². The van der Waals surface area contributed by atoms with Gasteiger partial charge in [-0.1, -0.05) is 152 Å². The Bertz CT molecular complexity index is 2310. The van der Waals surface area contributed by atoms with Crippen LogP contribution in [0.25, 0.3) is 0 Å². The Balaban J connectivity index is 0.974. The molecule has 0 radical (unpaired) electrons. The molecule has 9 rings (SSSR count). The summed E-state index contributed by atoms with van der Waals surface area (Å²) >= 11 is 0. The fourth-order valence-corrected chi connectivity index (χ4v) is 9.00. The molecule has 0 amide bonds. The molecule has 0 saturated carbocycles. The fraction of sp³-hybridized carbons (Fsp3) is 0.235. The number of hydrogen-bond donors (Lipinski definition) is 2. The molecule has 272 valence electrons. The molecule has 0 bridgehead atoms. The number of rotatable bonds is 8. The number of hydrogen-bond acceptors (Lipinski definition) is 4. The summed E-state index contributed by atoms with van der Waals surface area (Å²) in [4.78, 5) is 10.3. The van der Waals surface area contributed by atoms with Crippen LogP contribution in [-0.2, 0) is 0 Å². The lowest BCUT2D eigenvalue weighted by Gasteiger charge is -2.37. The highest BCUT2D eigenvalue weighted by Crippen LogP contribution is 2.45. The van der Waals surface area contributed by atoms with Crippen LogP contribution in [0.2, 0.25) is 0 Å². The van der Waals surface area contributed by atoms with Gasteiger partial charge in [0.2, 0.25) is 0 Å². The Hall–Kier alpha value is -5.87. The molecule has 0 aromatic heterocycles. The third-order valence-corrected chi connectivity index (χ3v) is 11.9. The average molecular weight is 717 g/mol. The number of dihydropyridines is 1.